The number of likely N-dealkylation sites (tertiary alicyclic amines) is 1. The van der Waals surface area contributed by atoms with E-state index in [-0.39, 0.29) is 5.91 Å². The van der Waals surface area contributed by atoms with E-state index in [1.54, 1.807) is 0 Å². The van der Waals surface area contributed by atoms with E-state index in [0.29, 0.717) is 23.2 Å². The number of piperidine rings is 1. The van der Waals surface area contributed by atoms with E-state index in [0.717, 1.165) is 65.1 Å². The highest BCUT2D eigenvalue weighted by molar-refractivity contribution is 8.03. The van der Waals surface area contributed by atoms with Crippen molar-refractivity contribution in [2.75, 3.05) is 58.4 Å². The van der Waals surface area contributed by atoms with Gasteiger partial charge in [0.1, 0.15) is 0 Å². The molecule has 0 unspecified atom stereocenters. The van der Waals surface area contributed by atoms with Crippen molar-refractivity contribution in [2.24, 2.45) is 10.9 Å². The molecule has 0 aromatic carbocycles. The second-order valence-electron chi connectivity index (χ2n) is 6.29. The number of morpholine rings is 1. The van der Waals surface area contributed by atoms with E-state index in [1.165, 1.54) is 18.0 Å². The van der Waals surface area contributed by atoms with Gasteiger partial charge in [0.25, 0.3) is 0 Å². The average molecular weight is 369 g/mol. The first kappa shape index (κ1) is 20.1. The van der Waals surface area contributed by atoms with Gasteiger partial charge in [-0.3, -0.25) is 19.5 Å². The molecule has 7 nitrogen and oxygen atoms in total. The van der Waals surface area contributed by atoms with Gasteiger partial charge in [0.2, 0.25) is 5.91 Å². The normalized spacial score (nSPS) is 20.5. The van der Waals surface area contributed by atoms with Crippen LogP contribution in [-0.4, -0.2) is 87.1 Å². The first-order valence-electron chi connectivity index (χ1n) is 8.75. The molecule has 8 heteroatoms. The van der Waals surface area contributed by atoms with Gasteiger partial charge in [-0.25, -0.2) is 0 Å². The van der Waals surface area contributed by atoms with E-state index in [2.05, 4.69) is 21.9 Å². The first-order valence-corrected chi connectivity index (χ1v) is 9.74. The molecule has 140 valence electrons. The van der Waals surface area contributed by atoms with Gasteiger partial charge in [0.05, 0.1) is 24.7 Å². The molecule has 0 saturated carbocycles. The summed E-state index contributed by atoms with van der Waals surface area (Å²) in [5, 5.41) is 3.36. The van der Waals surface area contributed by atoms with Crippen molar-refractivity contribution in [3.8, 4) is 0 Å². The molecule has 1 amide bonds. The third kappa shape index (κ3) is 7.27. The van der Waals surface area contributed by atoms with Crippen LogP contribution in [0.4, 0.5) is 0 Å². The third-order valence-corrected chi connectivity index (χ3v) is 5.42. The summed E-state index contributed by atoms with van der Waals surface area (Å²) < 4.78 is 5.32. The van der Waals surface area contributed by atoms with Crippen molar-refractivity contribution in [3.63, 3.8) is 0 Å². The number of rotatable bonds is 9. The van der Waals surface area contributed by atoms with Crippen LogP contribution in [0.2, 0.25) is 0 Å². The van der Waals surface area contributed by atoms with Crippen molar-refractivity contribution in [2.45, 2.75) is 12.8 Å². The number of nitrogens with one attached hydrogen (secondary N) is 1. The van der Waals surface area contributed by atoms with E-state index < -0.39 is 0 Å². The van der Waals surface area contributed by atoms with Crippen molar-refractivity contribution in [1.82, 2.24) is 15.1 Å². The number of thioether (sulfide) groups is 1. The van der Waals surface area contributed by atoms with Crippen molar-refractivity contribution >= 4 is 30.7 Å². The summed E-state index contributed by atoms with van der Waals surface area (Å²) in [6.07, 6.45) is 4.31. The number of allylic oxidation sites excluding steroid dienone is 1. The lowest BCUT2D eigenvalue weighted by Gasteiger charge is -2.34. The summed E-state index contributed by atoms with van der Waals surface area (Å²) >= 11 is 1.43. The zero-order valence-electron chi connectivity index (χ0n) is 14.7. The molecule has 2 saturated heterocycles. The SMILES string of the molecule is C=N/C=C(/C=O)SCNCC1CCN(C(=O)CN2CCOCC2)CC1. The van der Waals surface area contributed by atoms with Gasteiger partial charge in [-0.05, 0) is 32.0 Å². The second kappa shape index (κ2) is 11.4. The number of carbonyl (C=O) groups excluding carboxylic acids is 2. The Balaban J connectivity index is 1.59. The molecule has 2 rings (SSSR count). The molecule has 25 heavy (non-hydrogen) atoms. The highest BCUT2D eigenvalue weighted by atomic mass is 32.2. The molecule has 0 atom stereocenters. The van der Waals surface area contributed by atoms with Gasteiger partial charge >= 0.3 is 0 Å². The van der Waals surface area contributed by atoms with Crippen molar-refractivity contribution < 1.29 is 14.3 Å². The summed E-state index contributed by atoms with van der Waals surface area (Å²) in [6, 6.07) is 0. The molecule has 0 bridgehead atoms. The molecule has 0 aliphatic carbocycles. The molecule has 2 fully saturated rings. The smallest absolute Gasteiger partial charge is 0.236 e. The van der Waals surface area contributed by atoms with Crippen LogP contribution in [-0.2, 0) is 14.3 Å². The van der Waals surface area contributed by atoms with Gasteiger partial charge in [-0.15, -0.1) is 11.8 Å². The maximum Gasteiger partial charge on any atom is 0.236 e. The average Bonchev–Trinajstić information content (AvgIpc) is 2.65. The fourth-order valence-electron chi connectivity index (χ4n) is 3.03. The lowest BCUT2D eigenvalue weighted by Crippen LogP contribution is -2.47. The molecular weight excluding hydrogens is 340 g/mol. The maximum absolute atomic E-state index is 12.4. The zero-order chi connectivity index (χ0) is 17.9. The van der Waals surface area contributed by atoms with Gasteiger partial charge in [0.15, 0.2) is 6.29 Å². The van der Waals surface area contributed by atoms with Crippen LogP contribution in [0.25, 0.3) is 0 Å². The summed E-state index contributed by atoms with van der Waals surface area (Å²) in [7, 11) is 0. The number of nitrogens with zero attached hydrogens (tertiary/aromatic N) is 3. The highest BCUT2D eigenvalue weighted by Gasteiger charge is 2.24. The van der Waals surface area contributed by atoms with Crippen LogP contribution < -0.4 is 5.32 Å². The molecule has 0 radical (unpaired) electrons. The molecule has 2 aliphatic rings. The van der Waals surface area contributed by atoms with Crippen LogP contribution in [0, 0.1) is 5.92 Å². The van der Waals surface area contributed by atoms with Crippen LogP contribution in [0.15, 0.2) is 16.1 Å². The first-order chi connectivity index (χ1) is 12.2. The standard InChI is InChI=1S/C17H28N4O3S/c1-18-11-16(13-22)25-14-19-10-15-2-4-21(5-3-15)17(23)12-20-6-8-24-9-7-20/h11,13,15,19H,1-10,12,14H2/b16-11-. The van der Waals surface area contributed by atoms with Crippen molar-refractivity contribution in [3.05, 3.63) is 11.1 Å². The summed E-state index contributed by atoms with van der Waals surface area (Å²) in [4.78, 5) is 31.5. The van der Waals surface area contributed by atoms with Crippen LogP contribution in [0.1, 0.15) is 12.8 Å². The largest absolute Gasteiger partial charge is 0.379 e. The van der Waals surface area contributed by atoms with Crippen LogP contribution in [0.5, 0.6) is 0 Å². The monoisotopic (exact) mass is 368 g/mol. The lowest BCUT2D eigenvalue weighted by atomic mass is 9.97. The molecule has 2 heterocycles. The Morgan fingerprint density at radius 3 is 2.64 bits per heavy atom. The Bertz CT molecular complexity index is 473. The number of carbonyl (C=O) groups is 2. The number of aliphatic imine (C=N–C) groups is 1. The number of hydrogen-bond acceptors (Lipinski definition) is 7. The fraction of sp³-hybridized carbons (Fsp3) is 0.706. The Hall–Kier alpha value is -1.22. The van der Waals surface area contributed by atoms with Gasteiger partial charge in [0, 0.05) is 38.3 Å². The zero-order valence-corrected chi connectivity index (χ0v) is 15.5. The lowest BCUT2D eigenvalue weighted by molar-refractivity contribution is -0.134. The summed E-state index contributed by atoms with van der Waals surface area (Å²) in [5.41, 5.74) is 0. The van der Waals surface area contributed by atoms with E-state index in [1.807, 2.05) is 4.90 Å². The van der Waals surface area contributed by atoms with Crippen LogP contribution in [0.3, 0.4) is 0 Å². The Morgan fingerprint density at radius 1 is 1.28 bits per heavy atom. The minimum atomic E-state index is 0.238. The maximum atomic E-state index is 12.4. The Labute approximate surface area is 153 Å². The van der Waals surface area contributed by atoms with E-state index >= 15 is 0 Å². The number of amides is 1. The molecular formula is C17H28N4O3S. The molecule has 2 aliphatic heterocycles. The number of hydrogen-bond donors (Lipinski definition) is 1. The quantitative estimate of drug-likeness (QED) is 0.211. The summed E-state index contributed by atoms with van der Waals surface area (Å²) in [6.45, 7) is 9.59. The van der Waals surface area contributed by atoms with Gasteiger partial charge in [-0.2, -0.15) is 0 Å². The molecule has 0 aromatic rings. The van der Waals surface area contributed by atoms with Crippen molar-refractivity contribution in [1.29, 1.82) is 0 Å². The third-order valence-electron chi connectivity index (χ3n) is 4.54. The summed E-state index contributed by atoms with van der Waals surface area (Å²) in [5.74, 6) is 1.49. The predicted octanol–water partition coefficient (Wildman–Crippen LogP) is 0.578. The van der Waals surface area contributed by atoms with Gasteiger partial charge in [-0.1, -0.05) is 0 Å². The van der Waals surface area contributed by atoms with Crippen LogP contribution >= 0.6 is 11.8 Å². The molecule has 0 spiro atoms. The second-order valence-corrected chi connectivity index (χ2v) is 7.34. The van der Waals surface area contributed by atoms with Gasteiger partial charge < -0.3 is 15.0 Å². The Morgan fingerprint density at radius 2 is 2.00 bits per heavy atom. The number of aldehydes is 1. The van der Waals surface area contributed by atoms with E-state index in [4.69, 9.17) is 4.74 Å². The Kier molecular flexibility index (Phi) is 9.17. The highest BCUT2D eigenvalue weighted by Crippen LogP contribution is 2.18. The van der Waals surface area contributed by atoms with E-state index in [9.17, 15) is 9.59 Å². The topological polar surface area (TPSA) is 74.2 Å². The minimum Gasteiger partial charge on any atom is -0.379 e. The molecule has 1 N–H and O–H groups in total. The minimum absolute atomic E-state index is 0.238. The number of ether oxygens (including phenoxy) is 1. The predicted molar refractivity (Wildman–Crippen MR) is 101 cm³/mol. The fourth-order valence-corrected chi connectivity index (χ4v) is 3.63. The molecule has 0 aromatic heterocycles.